The Balaban J connectivity index is 2.18. The number of hydrogen-bond donors (Lipinski definition) is 0. The Morgan fingerprint density at radius 1 is 1.28 bits per heavy atom. The summed E-state index contributed by atoms with van der Waals surface area (Å²) in [6, 6.07) is 7.52. The molecule has 18 heavy (non-hydrogen) atoms. The van der Waals surface area contributed by atoms with Gasteiger partial charge in [0, 0.05) is 18.8 Å². The Labute approximate surface area is 112 Å². The maximum Gasteiger partial charge on any atom is 0.0369 e. The molecule has 0 heterocycles. The van der Waals surface area contributed by atoms with Crippen molar-refractivity contribution in [3.05, 3.63) is 35.9 Å². The van der Waals surface area contributed by atoms with Gasteiger partial charge in [-0.2, -0.15) is 0 Å². The summed E-state index contributed by atoms with van der Waals surface area (Å²) in [5.41, 5.74) is 4.05. The van der Waals surface area contributed by atoms with Crippen molar-refractivity contribution in [3.8, 4) is 0 Å². The maximum atomic E-state index is 3.89. The highest BCUT2D eigenvalue weighted by atomic mass is 15.1. The predicted molar refractivity (Wildman–Crippen MR) is 81.2 cm³/mol. The third kappa shape index (κ3) is 2.77. The van der Waals surface area contributed by atoms with Crippen molar-refractivity contribution in [3.63, 3.8) is 0 Å². The largest absolute Gasteiger partial charge is 0.372 e. The van der Waals surface area contributed by atoms with Crippen molar-refractivity contribution < 1.29 is 0 Å². The summed E-state index contributed by atoms with van der Waals surface area (Å²) >= 11 is 0. The van der Waals surface area contributed by atoms with E-state index in [9.17, 15) is 0 Å². The van der Waals surface area contributed by atoms with E-state index in [1.165, 1.54) is 48.9 Å². The molecule has 0 aliphatic heterocycles. The van der Waals surface area contributed by atoms with Crippen LogP contribution in [0.3, 0.4) is 0 Å². The minimum absolute atomic E-state index is 0.734. The Hall–Kier alpha value is -1.24. The zero-order valence-corrected chi connectivity index (χ0v) is 11.8. The van der Waals surface area contributed by atoms with E-state index in [4.69, 9.17) is 0 Å². The van der Waals surface area contributed by atoms with Crippen LogP contribution in [0.1, 0.15) is 50.2 Å². The smallest absolute Gasteiger partial charge is 0.0369 e. The van der Waals surface area contributed by atoms with Gasteiger partial charge in [-0.1, -0.05) is 44.9 Å². The molecule has 1 fully saturated rings. The first kappa shape index (κ1) is 13.2. The minimum Gasteiger partial charge on any atom is -0.372 e. The lowest BCUT2D eigenvalue weighted by Crippen LogP contribution is -2.33. The molecule has 0 spiro atoms. The lowest BCUT2D eigenvalue weighted by Gasteiger charge is -2.33. The summed E-state index contributed by atoms with van der Waals surface area (Å²) in [6.07, 6.45) is 9.93. The van der Waals surface area contributed by atoms with E-state index in [0.29, 0.717) is 0 Å². The Bertz CT molecular complexity index is 402. The van der Waals surface area contributed by atoms with Gasteiger partial charge in [-0.05, 0) is 42.5 Å². The van der Waals surface area contributed by atoms with E-state index in [1.807, 2.05) is 6.08 Å². The first-order chi connectivity index (χ1) is 8.76. The van der Waals surface area contributed by atoms with Crippen LogP contribution >= 0.6 is 0 Å². The highest BCUT2D eigenvalue weighted by Gasteiger charge is 2.18. The lowest BCUT2D eigenvalue weighted by molar-refractivity contribution is 0.427. The fourth-order valence-electron chi connectivity index (χ4n) is 3.00. The highest BCUT2D eigenvalue weighted by Crippen LogP contribution is 2.27. The molecule has 0 amide bonds. The van der Waals surface area contributed by atoms with Crippen molar-refractivity contribution in [2.45, 2.75) is 51.5 Å². The van der Waals surface area contributed by atoms with Crippen molar-refractivity contribution in [1.29, 1.82) is 0 Å². The van der Waals surface area contributed by atoms with Gasteiger partial charge in [-0.15, -0.1) is 0 Å². The molecule has 1 aromatic carbocycles. The number of anilines is 1. The zero-order chi connectivity index (χ0) is 13.0. The summed E-state index contributed by atoms with van der Waals surface area (Å²) in [5.74, 6) is 0. The molecule has 1 aliphatic rings. The third-order valence-electron chi connectivity index (χ3n) is 4.26. The van der Waals surface area contributed by atoms with Crippen LogP contribution in [0.2, 0.25) is 0 Å². The number of nitrogens with zero attached hydrogens (tertiary/aromatic N) is 1. The summed E-state index contributed by atoms with van der Waals surface area (Å²) < 4.78 is 0. The SMILES string of the molecule is C=Cc1ccc(N(C)C2CCCCC2)cc1CC. The molecule has 98 valence electrons. The Kier molecular flexibility index (Phi) is 4.46. The van der Waals surface area contributed by atoms with Gasteiger partial charge in [0.05, 0.1) is 0 Å². The average molecular weight is 243 g/mol. The lowest BCUT2D eigenvalue weighted by atomic mass is 9.93. The fraction of sp³-hybridized carbons (Fsp3) is 0.529. The van der Waals surface area contributed by atoms with Gasteiger partial charge in [-0.3, -0.25) is 0 Å². The van der Waals surface area contributed by atoms with E-state index in [1.54, 1.807) is 0 Å². The number of aryl methyl sites for hydroxylation is 1. The Morgan fingerprint density at radius 2 is 2.00 bits per heavy atom. The van der Waals surface area contributed by atoms with E-state index in [2.05, 4.69) is 43.6 Å². The molecule has 0 bridgehead atoms. The molecule has 0 aromatic heterocycles. The van der Waals surface area contributed by atoms with Gasteiger partial charge in [0.1, 0.15) is 0 Å². The van der Waals surface area contributed by atoms with Crippen LogP contribution in [0, 0.1) is 0 Å². The molecule has 0 N–H and O–H groups in total. The van der Waals surface area contributed by atoms with Crippen LogP contribution in [-0.4, -0.2) is 13.1 Å². The summed E-state index contributed by atoms with van der Waals surface area (Å²) in [4.78, 5) is 2.48. The van der Waals surface area contributed by atoms with E-state index in [0.717, 1.165) is 12.5 Å². The van der Waals surface area contributed by atoms with Crippen molar-refractivity contribution >= 4 is 11.8 Å². The zero-order valence-electron chi connectivity index (χ0n) is 11.8. The molecular weight excluding hydrogens is 218 g/mol. The standard InChI is InChI=1S/C17H25N/c1-4-14-11-12-17(13-15(14)5-2)18(3)16-9-7-6-8-10-16/h4,11-13,16H,1,5-10H2,2-3H3. The third-order valence-corrected chi connectivity index (χ3v) is 4.26. The van der Waals surface area contributed by atoms with Gasteiger partial charge in [0.25, 0.3) is 0 Å². The summed E-state index contributed by atoms with van der Waals surface area (Å²) in [7, 11) is 2.25. The van der Waals surface area contributed by atoms with Gasteiger partial charge in [0.15, 0.2) is 0 Å². The quantitative estimate of drug-likeness (QED) is 0.743. The average Bonchev–Trinajstić information content (AvgIpc) is 2.46. The van der Waals surface area contributed by atoms with Gasteiger partial charge in [0.2, 0.25) is 0 Å². The predicted octanol–water partition coefficient (Wildman–Crippen LogP) is 4.66. The molecule has 1 nitrogen and oxygen atoms in total. The van der Waals surface area contributed by atoms with E-state index >= 15 is 0 Å². The molecule has 2 rings (SSSR count). The van der Waals surface area contributed by atoms with Crippen LogP contribution in [-0.2, 0) is 6.42 Å². The Morgan fingerprint density at radius 3 is 2.61 bits per heavy atom. The van der Waals surface area contributed by atoms with Gasteiger partial charge in [-0.25, -0.2) is 0 Å². The van der Waals surface area contributed by atoms with Crippen LogP contribution < -0.4 is 4.90 Å². The number of benzene rings is 1. The molecule has 1 saturated carbocycles. The molecule has 1 heteroatoms. The second-order valence-electron chi connectivity index (χ2n) is 5.34. The second kappa shape index (κ2) is 6.08. The van der Waals surface area contributed by atoms with Crippen LogP contribution in [0.15, 0.2) is 24.8 Å². The van der Waals surface area contributed by atoms with Crippen molar-refractivity contribution in [2.24, 2.45) is 0 Å². The summed E-state index contributed by atoms with van der Waals surface area (Å²) in [5, 5.41) is 0. The maximum absolute atomic E-state index is 3.89. The van der Waals surface area contributed by atoms with Crippen LogP contribution in [0.4, 0.5) is 5.69 Å². The molecule has 1 aromatic rings. The molecule has 0 unspecified atom stereocenters. The molecule has 1 aliphatic carbocycles. The number of rotatable bonds is 4. The van der Waals surface area contributed by atoms with E-state index in [-0.39, 0.29) is 0 Å². The fourth-order valence-corrected chi connectivity index (χ4v) is 3.00. The monoisotopic (exact) mass is 243 g/mol. The molecule has 0 atom stereocenters. The van der Waals surface area contributed by atoms with Crippen LogP contribution in [0.5, 0.6) is 0 Å². The van der Waals surface area contributed by atoms with Crippen molar-refractivity contribution in [1.82, 2.24) is 0 Å². The topological polar surface area (TPSA) is 3.24 Å². The first-order valence-electron chi connectivity index (χ1n) is 7.24. The molecule has 0 saturated heterocycles. The molecular formula is C17H25N. The second-order valence-corrected chi connectivity index (χ2v) is 5.34. The molecule has 0 radical (unpaired) electrons. The van der Waals surface area contributed by atoms with Crippen molar-refractivity contribution in [2.75, 3.05) is 11.9 Å². The van der Waals surface area contributed by atoms with E-state index < -0.39 is 0 Å². The summed E-state index contributed by atoms with van der Waals surface area (Å²) in [6.45, 7) is 6.11. The normalized spacial score (nSPS) is 16.6. The van der Waals surface area contributed by atoms with Gasteiger partial charge < -0.3 is 4.90 Å². The number of hydrogen-bond acceptors (Lipinski definition) is 1. The first-order valence-corrected chi connectivity index (χ1v) is 7.24. The van der Waals surface area contributed by atoms with Gasteiger partial charge >= 0.3 is 0 Å². The van der Waals surface area contributed by atoms with Crippen LogP contribution in [0.25, 0.3) is 6.08 Å². The minimum atomic E-state index is 0.734. The highest BCUT2D eigenvalue weighted by molar-refractivity contribution is 5.59.